The molecule has 0 radical (unpaired) electrons. The zero-order valence-corrected chi connectivity index (χ0v) is 17.0. The summed E-state index contributed by atoms with van der Waals surface area (Å²) in [7, 11) is 4.00. The minimum absolute atomic E-state index is 0.227. The minimum atomic E-state index is 0.227. The molecule has 0 saturated carbocycles. The smallest absolute Gasteiger partial charge is 0.191 e. The zero-order chi connectivity index (χ0) is 19.1. The predicted molar refractivity (Wildman–Crippen MR) is 109 cm³/mol. The van der Waals surface area contributed by atoms with E-state index in [1.807, 2.05) is 7.05 Å². The molecule has 2 unspecified atom stereocenters. The fraction of sp³-hybridized carbons (Fsp3) is 0.667. The lowest BCUT2D eigenvalue weighted by molar-refractivity contribution is 0.0676. The number of aliphatic imine (C=N–C) groups is 1. The van der Waals surface area contributed by atoms with Crippen molar-refractivity contribution in [3.63, 3.8) is 0 Å². The molecule has 1 aromatic rings. The van der Waals surface area contributed by atoms with Gasteiger partial charge in [-0.05, 0) is 57.3 Å². The highest BCUT2D eigenvalue weighted by Gasteiger charge is 2.19. The Hall–Kier alpha value is -1.79. The van der Waals surface area contributed by atoms with Crippen LogP contribution in [0.2, 0.25) is 0 Å². The van der Waals surface area contributed by atoms with Gasteiger partial charge >= 0.3 is 0 Å². The number of rotatable bonds is 7. The first-order chi connectivity index (χ1) is 13.1. The highest BCUT2D eigenvalue weighted by molar-refractivity contribution is 5.79. The van der Waals surface area contributed by atoms with Crippen LogP contribution in [-0.2, 0) is 11.3 Å². The summed E-state index contributed by atoms with van der Waals surface area (Å²) in [6.45, 7) is 7.56. The Bertz CT molecular complexity index is 629. The molecule has 0 bridgehead atoms. The van der Waals surface area contributed by atoms with Crippen molar-refractivity contribution >= 4 is 5.96 Å². The van der Waals surface area contributed by atoms with Crippen LogP contribution in [0, 0.1) is 12.8 Å². The Labute approximate surface area is 163 Å². The first-order valence-electron chi connectivity index (χ1n) is 10.1. The van der Waals surface area contributed by atoms with Gasteiger partial charge in [-0.1, -0.05) is 12.1 Å². The normalized spacial score (nSPS) is 23.6. The maximum Gasteiger partial charge on any atom is 0.191 e. The molecule has 0 aromatic heterocycles. The van der Waals surface area contributed by atoms with E-state index in [0.29, 0.717) is 19.1 Å². The van der Waals surface area contributed by atoms with Crippen molar-refractivity contribution in [2.24, 2.45) is 10.9 Å². The number of nitrogens with zero attached hydrogens (tertiary/aromatic N) is 2. The first-order valence-corrected chi connectivity index (χ1v) is 10.1. The van der Waals surface area contributed by atoms with Gasteiger partial charge < -0.3 is 25.0 Å². The molecule has 0 amide bonds. The number of benzene rings is 1. The molecular formula is C21H34N4O2. The van der Waals surface area contributed by atoms with Gasteiger partial charge in [-0.3, -0.25) is 4.99 Å². The Morgan fingerprint density at radius 1 is 1.33 bits per heavy atom. The monoisotopic (exact) mass is 374 g/mol. The molecule has 2 fully saturated rings. The van der Waals surface area contributed by atoms with Gasteiger partial charge in [0.05, 0.1) is 6.10 Å². The van der Waals surface area contributed by atoms with E-state index < -0.39 is 0 Å². The van der Waals surface area contributed by atoms with Crippen LogP contribution in [0.5, 0.6) is 5.75 Å². The van der Waals surface area contributed by atoms with Crippen molar-refractivity contribution in [3.8, 4) is 5.75 Å². The summed E-state index contributed by atoms with van der Waals surface area (Å²) in [5.74, 6) is 2.47. The molecule has 2 aliphatic heterocycles. The topological polar surface area (TPSA) is 58.1 Å². The number of nitrogens with one attached hydrogen (secondary N) is 2. The van der Waals surface area contributed by atoms with Crippen molar-refractivity contribution in [2.45, 2.75) is 38.8 Å². The maximum atomic E-state index is 6.09. The highest BCUT2D eigenvalue weighted by atomic mass is 16.5. The van der Waals surface area contributed by atoms with E-state index in [4.69, 9.17) is 9.47 Å². The lowest BCUT2D eigenvalue weighted by Crippen LogP contribution is -2.39. The van der Waals surface area contributed by atoms with E-state index >= 15 is 0 Å². The van der Waals surface area contributed by atoms with E-state index in [0.717, 1.165) is 49.8 Å². The molecule has 3 rings (SSSR count). The molecule has 6 heteroatoms. The number of hydrogen-bond acceptors (Lipinski definition) is 4. The third-order valence-electron chi connectivity index (χ3n) is 5.39. The van der Waals surface area contributed by atoms with Gasteiger partial charge in [0.15, 0.2) is 5.96 Å². The van der Waals surface area contributed by atoms with E-state index in [-0.39, 0.29) is 6.10 Å². The van der Waals surface area contributed by atoms with Crippen LogP contribution in [0.15, 0.2) is 23.2 Å². The van der Waals surface area contributed by atoms with Crippen LogP contribution >= 0.6 is 0 Å². The lowest BCUT2D eigenvalue weighted by atomic mass is 10.1. The second-order valence-electron chi connectivity index (χ2n) is 7.78. The summed E-state index contributed by atoms with van der Waals surface area (Å²) in [4.78, 5) is 6.74. The van der Waals surface area contributed by atoms with Gasteiger partial charge in [-0.2, -0.15) is 0 Å². The van der Waals surface area contributed by atoms with Gasteiger partial charge in [0.25, 0.3) is 0 Å². The van der Waals surface area contributed by atoms with Crippen LogP contribution in [0.3, 0.4) is 0 Å². The molecule has 2 N–H and O–H groups in total. The van der Waals surface area contributed by atoms with Crippen LogP contribution in [0.1, 0.15) is 30.4 Å². The third-order valence-corrected chi connectivity index (χ3v) is 5.39. The summed E-state index contributed by atoms with van der Waals surface area (Å²) in [6, 6.07) is 6.36. The number of ether oxygens (including phenoxy) is 2. The average molecular weight is 375 g/mol. The summed E-state index contributed by atoms with van der Waals surface area (Å²) >= 11 is 0. The largest absolute Gasteiger partial charge is 0.491 e. The van der Waals surface area contributed by atoms with Gasteiger partial charge in [0.2, 0.25) is 0 Å². The summed E-state index contributed by atoms with van der Waals surface area (Å²) in [5, 5.41) is 6.88. The van der Waals surface area contributed by atoms with Crippen LogP contribution in [0.4, 0.5) is 0 Å². The van der Waals surface area contributed by atoms with Crippen molar-refractivity contribution in [1.82, 2.24) is 15.5 Å². The fourth-order valence-corrected chi connectivity index (χ4v) is 3.73. The molecule has 2 aliphatic rings. The maximum absolute atomic E-state index is 6.09. The van der Waals surface area contributed by atoms with Gasteiger partial charge in [-0.25, -0.2) is 0 Å². The molecular weight excluding hydrogens is 340 g/mol. The number of guanidine groups is 1. The van der Waals surface area contributed by atoms with Gasteiger partial charge in [-0.15, -0.1) is 0 Å². The number of likely N-dealkylation sites (tertiary alicyclic amines) is 1. The molecule has 27 heavy (non-hydrogen) atoms. The molecule has 2 atom stereocenters. The zero-order valence-electron chi connectivity index (χ0n) is 17.0. The third kappa shape index (κ3) is 6.11. The summed E-state index contributed by atoms with van der Waals surface area (Å²) in [5.41, 5.74) is 2.34. The minimum Gasteiger partial charge on any atom is -0.491 e. The van der Waals surface area contributed by atoms with Crippen molar-refractivity contribution in [1.29, 1.82) is 0 Å². The van der Waals surface area contributed by atoms with Crippen LogP contribution in [-0.4, -0.2) is 63.9 Å². The SMILES string of the molecule is CN=C(NCc1ccc(C)cc1OCC1CCCO1)NCC1CCN(C)C1. The van der Waals surface area contributed by atoms with Crippen molar-refractivity contribution in [2.75, 3.05) is 46.9 Å². The quantitative estimate of drug-likeness (QED) is 0.566. The Kier molecular flexibility index (Phi) is 7.35. The number of hydrogen-bond donors (Lipinski definition) is 2. The van der Waals surface area contributed by atoms with Gasteiger partial charge in [0.1, 0.15) is 12.4 Å². The van der Waals surface area contributed by atoms with E-state index in [1.165, 1.54) is 18.5 Å². The molecule has 0 spiro atoms. The first kappa shape index (κ1) is 20.0. The molecule has 1 aromatic carbocycles. The lowest BCUT2D eigenvalue weighted by Gasteiger charge is -2.18. The van der Waals surface area contributed by atoms with E-state index in [1.54, 1.807) is 0 Å². The van der Waals surface area contributed by atoms with E-state index in [2.05, 4.69) is 52.7 Å². The van der Waals surface area contributed by atoms with Crippen molar-refractivity contribution in [3.05, 3.63) is 29.3 Å². The Morgan fingerprint density at radius 2 is 2.22 bits per heavy atom. The standard InChI is InChI=1S/C21H34N4O2/c1-16-6-7-18(20(11-16)27-15-19-5-4-10-26-19)13-24-21(22-2)23-12-17-8-9-25(3)14-17/h6-7,11,17,19H,4-5,8-10,12-15H2,1-3H3,(H2,22,23,24). The second-order valence-corrected chi connectivity index (χ2v) is 7.78. The molecule has 2 heterocycles. The number of aryl methyl sites for hydroxylation is 1. The fourth-order valence-electron chi connectivity index (χ4n) is 3.73. The molecule has 6 nitrogen and oxygen atoms in total. The van der Waals surface area contributed by atoms with Crippen molar-refractivity contribution < 1.29 is 9.47 Å². The summed E-state index contributed by atoms with van der Waals surface area (Å²) in [6.07, 6.45) is 3.70. The Morgan fingerprint density at radius 3 is 2.93 bits per heavy atom. The molecule has 0 aliphatic carbocycles. The summed E-state index contributed by atoms with van der Waals surface area (Å²) < 4.78 is 11.8. The predicted octanol–water partition coefficient (Wildman–Crippen LogP) is 2.17. The van der Waals surface area contributed by atoms with E-state index in [9.17, 15) is 0 Å². The highest BCUT2D eigenvalue weighted by Crippen LogP contribution is 2.22. The average Bonchev–Trinajstić information content (AvgIpc) is 3.33. The van der Waals surface area contributed by atoms with Gasteiger partial charge in [0, 0.05) is 38.9 Å². The Balaban J connectivity index is 1.50. The second kappa shape index (κ2) is 9.95. The molecule has 2 saturated heterocycles. The van der Waals surface area contributed by atoms with Crippen LogP contribution in [0.25, 0.3) is 0 Å². The van der Waals surface area contributed by atoms with Crippen LogP contribution < -0.4 is 15.4 Å². The molecule has 150 valence electrons.